The summed E-state index contributed by atoms with van der Waals surface area (Å²) in [6, 6.07) is 13.3. The molecule has 1 atom stereocenters. The SMILES string of the molecule is CC(C/C=N/Nc1ccc([N+](=O)[O-])cc1[N+](=O)[O-])c1ccccc1. The van der Waals surface area contributed by atoms with Crippen molar-refractivity contribution in [2.45, 2.75) is 19.3 Å². The topological polar surface area (TPSA) is 111 Å². The van der Waals surface area contributed by atoms with Crippen LogP contribution in [0.2, 0.25) is 0 Å². The Bertz CT molecular complexity index is 762. The smallest absolute Gasteiger partial charge is 0.272 e. The lowest BCUT2D eigenvalue weighted by Crippen LogP contribution is -1.99. The monoisotopic (exact) mass is 328 g/mol. The molecule has 24 heavy (non-hydrogen) atoms. The summed E-state index contributed by atoms with van der Waals surface area (Å²) in [6.45, 7) is 2.05. The Morgan fingerprint density at radius 2 is 1.83 bits per heavy atom. The minimum Gasteiger partial charge on any atom is -0.272 e. The first kappa shape index (κ1) is 17.1. The van der Waals surface area contributed by atoms with Crippen molar-refractivity contribution >= 4 is 23.3 Å². The van der Waals surface area contributed by atoms with E-state index in [-0.39, 0.29) is 17.3 Å². The van der Waals surface area contributed by atoms with Crippen molar-refractivity contribution < 1.29 is 9.85 Å². The highest BCUT2D eigenvalue weighted by atomic mass is 16.6. The third-order valence-electron chi connectivity index (χ3n) is 3.49. The molecule has 8 nitrogen and oxygen atoms in total. The van der Waals surface area contributed by atoms with Gasteiger partial charge in [-0.3, -0.25) is 25.7 Å². The molecule has 0 radical (unpaired) electrons. The van der Waals surface area contributed by atoms with Gasteiger partial charge in [0, 0.05) is 12.3 Å². The molecule has 1 unspecified atom stereocenters. The minimum absolute atomic E-state index is 0.106. The Morgan fingerprint density at radius 3 is 2.46 bits per heavy atom. The van der Waals surface area contributed by atoms with E-state index in [2.05, 4.69) is 17.5 Å². The Morgan fingerprint density at radius 1 is 1.12 bits per heavy atom. The van der Waals surface area contributed by atoms with Crippen LogP contribution in [0.5, 0.6) is 0 Å². The van der Waals surface area contributed by atoms with E-state index in [1.165, 1.54) is 17.7 Å². The van der Waals surface area contributed by atoms with Gasteiger partial charge in [-0.25, -0.2) is 0 Å². The molecule has 0 aromatic heterocycles. The largest absolute Gasteiger partial charge is 0.301 e. The zero-order chi connectivity index (χ0) is 17.5. The molecule has 0 aliphatic heterocycles. The second kappa shape index (κ2) is 7.82. The highest BCUT2D eigenvalue weighted by molar-refractivity contribution is 5.67. The first-order valence-electron chi connectivity index (χ1n) is 7.24. The second-order valence-electron chi connectivity index (χ2n) is 5.19. The van der Waals surface area contributed by atoms with Gasteiger partial charge in [-0.05, 0) is 24.0 Å². The summed E-state index contributed by atoms with van der Waals surface area (Å²) in [5.41, 5.74) is 3.12. The summed E-state index contributed by atoms with van der Waals surface area (Å²) in [5, 5.41) is 25.7. The molecule has 0 saturated heterocycles. The van der Waals surface area contributed by atoms with Crippen LogP contribution in [-0.4, -0.2) is 16.1 Å². The molecule has 8 heteroatoms. The van der Waals surface area contributed by atoms with E-state index >= 15 is 0 Å². The van der Waals surface area contributed by atoms with Crippen LogP contribution < -0.4 is 5.43 Å². The molecular formula is C16H16N4O4. The molecule has 124 valence electrons. The van der Waals surface area contributed by atoms with E-state index in [0.29, 0.717) is 6.42 Å². The molecule has 0 saturated carbocycles. The van der Waals surface area contributed by atoms with Gasteiger partial charge in [-0.2, -0.15) is 5.10 Å². The van der Waals surface area contributed by atoms with Crippen LogP contribution in [0.4, 0.5) is 17.1 Å². The molecule has 0 aliphatic rings. The van der Waals surface area contributed by atoms with Crippen LogP contribution in [0.25, 0.3) is 0 Å². The third kappa shape index (κ3) is 4.35. The van der Waals surface area contributed by atoms with Crippen molar-refractivity contribution in [3.05, 3.63) is 74.3 Å². The van der Waals surface area contributed by atoms with Crippen molar-refractivity contribution in [1.29, 1.82) is 0 Å². The van der Waals surface area contributed by atoms with Crippen molar-refractivity contribution in [3.8, 4) is 0 Å². The van der Waals surface area contributed by atoms with Gasteiger partial charge in [0.25, 0.3) is 5.69 Å². The molecule has 0 amide bonds. The van der Waals surface area contributed by atoms with E-state index in [1.54, 1.807) is 6.21 Å². The summed E-state index contributed by atoms with van der Waals surface area (Å²) in [4.78, 5) is 20.3. The molecule has 0 bridgehead atoms. The van der Waals surface area contributed by atoms with Crippen molar-refractivity contribution in [1.82, 2.24) is 0 Å². The number of nitrogens with one attached hydrogen (secondary N) is 1. The average Bonchev–Trinajstić information content (AvgIpc) is 2.59. The minimum atomic E-state index is -0.683. The molecule has 2 rings (SSSR count). The number of hydrogen-bond donors (Lipinski definition) is 1. The highest BCUT2D eigenvalue weighted by Gasteiger charge is 2.19. The van der Waals surface area contributed by atoms with E-state index in [9.17, 15) is 20.2 Å². The predicted molar refractivity (Wildman–Crippen MR) is 91.3 cm³/mol. The summed E-state index contributed by atoms with van der Waals surface area (Å²) < 4.78 is 0. The number of non-ortho nitro benzene ring substituents is 1. The number of rotatable bonds is 7. The lowest BCUT2D eigenvalue weighted by molar-refractivity contribution is -0.393. The lowest BCUT2D eigenvalue weighted by Gasteiger charge is -2.08. The van der Waals surface area contributed by atoms with Gasteiger partial charge in [0.2, 0.25) is 0 Å². The van der Waals surface area contributed by atoms with Gasteiger partial charge >= 0.3 is 5.69 Å². The maximum absolute atomic E-state index is 11.0. The van der Waals surface area contributed by atoms with E-state index in [4.69, 9.17) is 0 Å². The highest BCUT2D eigenvalue weighted by Crippen LogP contribution is 2.28. The molecule has 0 aliphatic carbocycles. The molecule has 1 N–H and O–H groups in total. The number of hydrogen-bond acceptors (Lipinski definition) is 6. The molecule has 0 fully saturated rings. The summed E-state index contributed by atoms with van der Waals surface area (Å²) >= 11 is 0. The zero-order valence-corrected chi connectivity index (χ0v) is 13.0. The summed E-state index contributed by atoms with van der Waals surface area (Å²) in [6.07, 6.45) is 2.28. The molecular weight excluding hydrogens is 312 g/mol. The van der Waals surface area contributed by atoms with Gasteiger partial charge in [-0.15, -0.1) is 0 Å². The third-order valence-corrected chi connectivity index (χ3v) is 3.49. The maximum atomic E-state index is 11.0. The first-order valence-corrected chi connectivity index (χ1v) is 7.24. The van der Waals surface area contributed by atoms with Crippen LogP contribution in [0, 0.1) is 20.2 Å². The summed E-state index contributed by atoms with van der Waals surface area (Å²) in [7, 11) is 0. The second-order valence-corrected chi connectivity index (χ2v) is 5.19. The Labute approximate surface area is 138 Å². The van der Waals surface area contributed by atoms with E-state index < -0.39 is 15.5 Å². The maximum Gasteiger partial charge on any atom is 0.301 e. The Hall–Kier alpha value is -3.29. The van der Waals surface area contributed by atoms with Gasteiger partial charge in [0.05, 0.1) is 15.9 Å². The zero-order valence-electron chi connectivity index (χ0n) is 13.0. The molecule has 0 spiro atoms. The fraction of sp³-hybridized carbons (Fsp3) is 0.188. The van der Waals surface area contributed by atoms with E-state index in [1.807, 2.05) is 30.3 Å². The lowest BCUT2D eigenvalue weighted by atomic mass is 9.99. The van der Waals surface area contributed by atoms with Crippen LogP contribution in [0.3, 0.4) is 0 Å². The Kier molecular flexibility index (Phi) is 5.56. The van der Waals surface area contributed by atoms with Gasteiger partial charge in [-0.1, -0.05) is 37.3 Å². The fourth-order valence-corrected chi connectivity index (χ4v) is 2.12. The molecule has 2 aromatic carbocycles. The molecule has 0 heterocycles. The van der Waals surface area contributed by atoms with Gasteiger partial charge in [0.1, 0.15) is 5.69 Å². The average molecular weight is 328 g/mol. The summed E-state index contributed by atoms with van der Waals surface area (Å²) in [5.74, 6) is 0.253. The number of nitrogens with zero attached hydrogens (tertiary/aromatic N) is 3. The van der Waals surface area contributed by atoms with Crippen molar-refractivity contribution in [2.75, 3.05) is 5.43 Å². The quantitative estimate of drug-likeness (QED) is 0.467. The van der Waals surface area contributed by atoms with Gasteiger partial charge in [0.15, 0.2) is 0 Å². The number of anilines is 1. The van der Waals surface area contributed by atoms with Crippen molar-refractivity contribution in [3.63, 3.8) is 0 Å². The van der Waals surface area contributed by atoms with Crippen LogP contribution in [-0.2, 0) is 0 Å². The van der Waals surface area contributed by atoms with E-state index in [0.717, 1.165) is 6.07 Å². The van der Waals surface area contributed by atoms with Gasteiger partial charge < -0.3 is 0 Å². The number of hydrazone groups is 1. The van der Waals surface area contributed by atoms with Crippen molar-refractivity contribution in [2.24, 2.45) is 5.10 Å². The first-order chi connectivity index (χ1) is 11.5. The number of nitro benzene ring substituents is 2. The Balaban J connectivity index is 2.03. The van der Waals surface area contributed by atoms with Crippen LogP contribution >= 0.6 is 0 Å². The van der Waals surface area contributed by atoms with Crippen LogP contribution in [0.1, 0.15) is 24.8 Å². The van der Waals surface area contributed by atoms with Crippen LogP contribution in [0.15, 0.2) is 53.6 Å². The normalized spacial score (nSPS) is 12.0. The standard InChI is InChI=1S/C16H16N4O4/c1-12(13-5-3-2-4-6-13)9-10-17-18-15-8-7-14(19(21)22)11-16(15)20(23)24/h2-8,10-12,18H,9H2,1H3/b17-10+. The molecule has 2 aromatic rings. The number of benzene rings is 2. The predicted octanol–water partition coefficient (Wildman–Crippen LogP) is 4.09. The number of nitro groups is 2. The fourth-order valence-electron chi connectivity index (χ4n) is 2.12.